The van der Waals surface area contributed by atoms with Crippen LogP contribution >= 0.6 is 27.7 Å². The van der Waals surface area contributed by atoms with Gasteiger partial charge in [0.05, 0.1) is 22.7 Å². The molecule has 1 fully saturated rings. The molecule has 0 aromatic heterocycles. The second kappa shape index (κ2) is 7.32. The van der Waals surface area contributed by atoms with Gasteiger partial charge in [0.2, 0.25) is 0 Å². The Kier molecular flexibility index (Phi) is 5.45. The molecule has 1 aromatic carbocycles. The highest BCUT2D eigenvalue weighted by molar-refractivity contribution is 9.10. The largest absolute Gasteiger partial charge is 0.466 e. The van der Waals surface area contributed by atoms with Crippen LogP contribution in [0.15, 0.2) is 43.9 Å². The Balaban J connectivity index is 2.10. The predicted molar refractivity (Wildman–Crippen MR) is 85.0 cm³/mol. The summed E-state index contributed by atoms with van der Waals surface area (Å²) in [5.74, 6) is -1.51. The van der Waals surface area contributed by atoms with Crippen molar-refractivity contribution in [3.63, 3.8) is 0 Å². The number of amides is 1. The van der Waals surface area contributed by atoms with Crippen molar-refractivity contribution in [3.05, 3.63) is 45.0 Å². The zero-order valence-electron chi connectivity index (χ0n) is 11.2. The molecule has 0 saturated carbocycles. The van der Waals surface area contributed by atoms with E-state index in [0.717, 1.165) is 17.8 Å². The summed E-state index contributed by atoms with van der Waals surface area (Å²) >= 11 is 4.05. The fraction of sp³-hybridized carbons (Fsp3) is 0.0769. The van der Waals surface area contributed by atoms with Crippen LogP contribution in [0, 0.1) is 5.82 Å². The summed E-state index contributed by atoms with van der Waals surface area (Å²) < 4.78 is 18.0. The van der Waals surface area contributed by atoms with E-state index < -0.39 is 17.7 Å². The summed E-state index contributed by atoms with van der Waals surface area (Å²) in [6.45, 7) is 0. The Hall–Kier alpha value is -2.00. The number of ether oxygens (including phenoxy) is 1. The number of benzene rings is 1. The smallest absolute Gasteiger partial charge is 0.331 e. The molecule has 1 N–H and O–H groups in total. The van der Waals surface area contributed by atoms with E-state index >= 15 is 0 Å². The van der Waals surface area contributed by atoms with E-state index in [-0.39, 0.29) is 14.5 Å². The Morgan fingerprint density at radius 2 is 2.27 bits per heavy atom. The first kappa shape index (κ1) is 16.4. The van der Waals surface area contributed by atoms with Crippen LogP contribution in [-0.2, 0) is 14.3 Å². The molecule has 0 unspecified atom stereocenters. The first-order valence-electron chi connectivity index (χ1n) is 5.85. The standard InChI is InChI=1S/C13H9BrFN3O3S/c1-21-10(19)5-9-12(20)17-13(22-9)18-16-6-7-3-2-4-8(15)11(7)14/h2-6H,1H3,(H,17,18,20)/b9-5+,16-6?. The normalized spacial score (nSPS) is 18.2. The minimum absolute atomic E-state index is 0.160. The zero-order chi connectivity index (χ0) is 16.1. The third-order valence-electron chi connectivity index (χ3n) is 2.43. The number of rotatable bonds is 3. The fourth-order valence-corrected chi connectivity index (χ4v) is 2.51. The number of carbonyl (C=O) groups is 2. The van der Waals surface area contributed by atoms with Gasteiger partial charge in [-0.2, -0.15) is 5.10 Å². The lowest BCUT2D eigenvalue weighted by atomic mass is 10.2. The van der Waals surface area contributed by atoms with Crippen LogP contribution in [-0.4, -0.2) is 30.4 Å². The summed E-state index contributed by atoms with van der Waals surface area (Å²) in [6.07, 6.45) is 2.41. The number of esters is 1. The van der Waals surface area contributed by atoms with Crippen LogP contribution < -0.4 is 5.32 Å². The second-order valence-corrected chi connectivity index (χ2v) is 5.70. The Bertz CT molecular complexity index is 718. The van der Waals surface area contributed by atoms with Gasteiger partial charge in [0.25, 0.3) is 5.91 Å². The molecule has 6 nitrogen and oxygen atoms in total. The van der Waals surface area contributed by atoms with E-state index in [2.05, 4.69) is 36.2 Å². The molecule has 9 heteroatoms. The molecule has 1 saturated heterocycles. The Morgan fingerprint density at radius 3 is 3.00 bits per heavy atom. The van der Waals surface area contributed by atoms with Gasteiger partial charge in [0.1, 0.15) is 5.82 Å². The van der Waals surface area contributed by atoms with Gasteiger partial charge in [-0.25, -0.2) is 9.18 Å². The average molecular weight is 386 g/mol. The van der Waals surface area contributed by atoms with Crippen molar-refractivity contribution >= 4 is 51.0 Å². The maximum atomic E-state index is 13.3. The van der Waals surface area contributed by atoms with Gasteiger partial charge in [-0.05, 0) is 33.8 Å². The molecular formula is C13H9BrFN3O3S. The lowest BCUT2D eigenvalue weighted by Crippen LogP contribution is -2.19. The number of amidine groups is 1. The number of carbonyl (C=O) groups excluding carboxylic acids is 2. The van der Waals surface area contributed by atoms with E-state index in [1.165, 1.54) is 25.5 Å². The minimum atomic E-state index is -0.633. The van der Waals surface area contributed by atoms with Gasteiger partial charge in [-0.3, -0.25) is 10.1 Å². The molecule has 0 radical (unpaired) electrons. The molecule has 1 aliphatic rings. The summed E-state index contributed by atoms with van der Waals surface area (Å²) in [6, 6.07) is 4.50. The highest BCUT2D eigenvalue weighted by Gasteiger charge is 2.24. The van der Waals surface area contributed by atoms with E-state index in [4.69, 9.17) is 0 Å². The maximum absolute atomic E-state index is 13.3. The molecule has 114 valence electrons. The SMILES string of the molecule is COC(=O)/C=C1/S/C(=N\N=Cc2cccc(F)c2Br)NC1=O. The van der Waals surface area contributed by atoms with Gasteiger partial charge in [-0.15, -0.1) is 5.10 Å². The molecule has 0 bridgehead atoms. The van der Waals surface area contributed by atoms with Crippen LogP contribution in [0.2, 0.25) is 0 Å². The number of methoxy groups -OCH3 is 1. The van der Waals surface area contributed by atoms with E-state index in [1.54, 1.807) is 6.07 Å². The summed E-state index contributed by atoms with van der Waals surface area (Å²) in [4.78, 5) is 22.8. The van der Waals surface area contributed by atoms with Crippen molar-refractivity contribution in [2.75, 3.05) is 7.11 Å². The first-order valence-corrected chi connectivity index (χ1v) is 7.46. The molecule has 1 aliphatic heterocycles. The molecule has 2 rings (SSSR count). The molecule has 22 heavy (non-hydrogen) atoms. The quantitative estimate of drug-likeness (QED) is 0.374. The van der Waals surface area contributed by atoms with Crippen molar-refractivity contribution in [2.45, 2.75) is 0 Å². The first-order chi connectivity index (χ1) is 10.5. The predicted octanol–water partition coefficient (Wildman–Crippen LogP) is 2.20. The molecule has 0 aliphatic carbocycles. The van der Waals surface area contributed by atoms with E-state index in [1.807, 2.05) is 0 Å². The number of thioether (sulfide) groups is 1. The molecule has 0 spiro atoms. The van der Waals surface area contributed by atoms with Crippen LogP contribution in [0.5, 0.6) is 0 Å². The van der Waals surface area contributed by atoms with Gasteiger partial charge in [-0.1, -0.05) is 12.1 Å². The maximum Gasteiger partial charge on any atom is 0.331 e. The number of nitrogens with one attached hydrogen (secondary N) is 1. The fourth-order valence-electron chi connectivity index (χ4n) is 1.40. The number of nitrogens with zero attached hydrogens (tertiary/aromatic N) is 2. The number of halogens is 2. The van der Waals surface area contributed by atoms with Crippen LogP contribution in [0.1, 0.15) is 5.56 Å². The summed E-state index contributed by atoms with van der Waals surface area (Å²) in [5, 5.41) is 10.2. The van der Waals surface area contributed by atoms with Crippen LogP contribution in [0.4, 0.5) is 4.39 Å². The minimum Gasteiger partial charge on any atom is -0.466 e. The van der Waals surface area contributed by atoms with Gasteiger partial charge in [0, 0.05) is 11.6 Å². The van der Waals surface area contributed by atoms with Gasteiger partial charge >= 0.3 is 5.97 Å². The number of hydrogen-bond acceptors (Lipinski definition) is 6. The Labute approximate surface area is 137 Å². The van der Waals surface area contributed by atoms with Crippen molar-refractivity contribution < 1.29 is 18.7 Å². The molecular weight excluding hydrogens is 377 g/mol. The average Bonchev–Trinajstić information content (AvgIpc) is 2.83. The third kappa shape index (κ3) is 4.01. The monoisotopic (exact) mass is 385 g/mol. The van der Waals surface area contributed by atoms with Crippen LogP contribution in [0.25, 0.3) is 0 Å². The zero-order valence-corrected chi connectivity index (χ0v) is 13.6. The summed E-state index contributed by atoms with van der Waals surface area (Å²) in [7, 11) is 1.22. The lowest BCUT2D eigenvalue weighted by molar-refractivity contribution is -0.135. The molecule has 1 amide bonds. The van der Waals surface area contributed by atoms with Crippen molar-refractivity contribution in [1.82, 2.24) is 5.32 Å². The second-order valence-electron chi connectivity index (χ2n) is 3.88. The lowest BCUT2D eigenvalue weighted by Gasteiger charge is -1.97. The van der Waals surface area contributed by atoms with Gasteiger partial charge in [0.15, 0.2) is 5.17 Å². The Morgan fingerprint density at radius 1 is 1.50 bits per heavy atom. The van der Waals surface area contributed by atoms with E-state index in [0.29, 0.717) is 5.56 Å². The number of hydrogen-bond donors (Lipinski definition) is 1. The highest BCUT2D eigenvalue weighted by atomic mass is 79.9. The van der Waals surface area contributed by atoms with Crippen molar-refractivity contribution in [2.24, 2.45) is 10.2 Å². The van der Waals surface area contributed by atoms with Gasteiger partial charge < -0.3 is 4.74 Å². The van der Waals surface area contributed by atoms with Crippen molar-refractivity contribution in [3.8, 4) is 0 Å². The summed E-state index contributed by atoms with van der Waals surface area (Å²) in [5.41, 5.74) is 0.504. The molecule has 1 aromatic rings. The topological polar surface area (TPSA) is 80.1 Å². The van der Waals surface area contributed by atoms with E-state index in [9.17, 15) is 14.0 Å². The molecule has 1 heterocycles. The molecule has 0 atom stereocenters. The van der Waals surface area contributed by atoms with Crippen LogP contribution in [0.3, 0.4) is 0 Å². The third-order valence-corrected chi connectivity index (χ3v) is 4.16. The van der Waals surface area contributed by atoms with Crippen molar-refractivity contribution in [1.29, 1.82) is 0 Å². The highest BCUT2D eigenvalue weighted by Crippen LogP contribution is 2.23.